The number of nitrogens with zero attached hydrogens (tertiary/aromatic N) is 2. The number of hydrogen-bond donors (Lipinski definition) is 0. The number of para-hydroxylation sites is 4. The molecule has 0 N–H and O–H groups in total. The van der Waals surface area contributed by atoms with E-state index in [9.17, 15) is 0 Å². The first-order chi connectivity index (χ1) is 32.7. The zero-order valence-electron chi connectivity index (χ0n) is 35.7. The third kappa shape index (κ3) is 5.72. The molecule has 12 aromatic rings. The van der Waals surface area contributed by atoms with Crippen molar-refractivity contribution in [3.05, 3.63) is 231 Å². The topological polar surface area (TPSA) is 6.48 Å². The van der Waals surface area contributed by atoms with E-state index in [-0.39, 0.29) is 0 Å². The molecule has 0 radical (unpaired) electrons. The van der Waals surface area contributed by atoms with Crippen LogP contribution in [0.1, 0.15) is 0 Å². The summed E-state index contributed by atoms with van der Waals surface area (Å²) in [6.45, 7) is 0. The van der Waals surface area contributed by atoms with Gasteiger partial charge in [-0.15, -0.1) is 0 Å². The van der Waals surface area contributed by atoms with E-state index in [1.54, 1.807) is 0 Å². The minimum Gasteiger partial charge on any atom is -0.308 e. The van der Waals surface area contributed by atoms with Crippen LogP contribution in [-0.4, -0.2) is 0 Å². The van der Waals surface area contributed by atoms with Crippen molar-refractivity contribution >= 4 is 112 Å². The minimum atomic E-state index is 1.13. The smallest absolute Gasteiger partial charge is 0.0601 e. The highest BCUT2D eigenvalue weighted by molar-refractivity contribution is 8.00. The fourth-order valence-corrected chi connectivity index (χ4v) is 12.8. The molecule has 2 nitrogen and oxygen atoms in total. The van der Waals surface area contributed by atoms with E-state index in [0.29, 0.717) is 0 Å². The summed E-state index contributed by atoms with van der Waals surface area (Å²) in [6, 6.07) is 85.7. The first-order valence-corrected chi connectivity index (χ1v) is 24.1. The second-order valence-electron chi connectivity index (χ2n) is 17.2. The van der Waals surface area contributed by atoms with Crippen LogP contribution in [0.15, 0.2) is 250 Å². The molecule has 4 heteroatoms. The van der Waals surface area contributed by atoms with Crippen LogP contribution in [0.25, 0.3) is 76.1 Å². The maximum Gasteiger partial charge on any atom is 0.0601 e. The first-order valence-electron chi connectivity index (χ1n) is 22.5. The Morgan fingerprint density at radius 2 is 0.652 bits per heavy atom. The number of rotatable bonds is 4. The molecular weight excluding hydrogens is 837 g/mol. The maximum atomic E-state index is 2.48. The van der Waals surface area contributed by atoms with Crippen molar-refractivity contribution in [2.75, 3.05) is 9.80 Å². The third-order valence-electron chi connectivity index (χ3n) is 13.6. The Balaban J connectivity index is 1.15. The van der Waals surface area contributed by atoms with E-state index in [1.807, 2.05) is 23.5 Å². The summed E-state index contributed by atoms with van der Waals surface area (Å²) in [7, 11) is 0. The molecule has 0 amide bonds. The second kappa shape index (κ2) is 14.9. The summed E-state index contributed by atoms with van der Waals surface area (Å²) in [5, 5.41) is 12.3. The van der Waals surface area contributed by atoms with Crippen LogP contribution in [0.5, 0.6) is 0 Å². The fraction of sp³-hybridized carbons (Fsp3) is 0. The summed E-state index contributed by atoms with van der Waals surface area (Å²) in [5.41, 5.74) is 12.0. The number of benzene rings is 12. The largest absolute Gasteiger partial charge is 0.308 e. The Kier molecular flexibility index (Phi) is 8.49. The molecule has 0 saturated carbocycles. The summed E-state index contributed by atoms with van der Waals surface area (Å²) < 4.78 is 0. The van der Waals surface area contributed by atoms with Crippen LogP contribution in [0.3, 0.4) is 0 Å². The summed E-state index contributed by atoms with van der Waals surface area (Å²) in [6.07, 6.45) is 0. The zero-order chi connectivity index (χ0) is 43.3. The predicted molar refractivity (Wildman–Crippen MR) is 282 cm³/mol. The van der Waals surface area contributed by atoms with Crippen molar-refractivity contribution in [2.24, 2.45) is 0 Å². The molecule has 0 unspecified atom stereocenters. The van der Waals surface area contributed by atoms with Crippen LogP contribution in [-0.2, 0) is 0 Å². The van der Waals surface area contributed by atoms with Crippen LogP contribution in [0.2, 0.25) is 0 Å². The van der Waals surface area contributed by atoms with Gasteiger partial charge in [0.2, 0.25) is 0 Å². The van der Waals surface area contributed by atoms with Crippen LogP contribution in [0.4, 0.5) is 34.1 Å². The van der Waals surface area contributed by atoms with Crippen molar-refractivity contribution in [3.63, 3.8) is 0 Å². The molecule has 12 aromatic carbocycles. The van der Waals surface area contributed by atoms with Gasteiger partial charge < -0.3 is 9.80 Å². The second-order valence-corrected chi connectivity index (χ2v) is 19.3. The zero-order valence-corrected chi connectivity index (χ0v) is 37.3. The molecule has 66 heavy (non-hydrogen) atoms. The van der Waals surface area contributed by atoms with Gasteiger partial charge in [0, 0.05) is 31.0 Å². The van der Waals surface area contributed by atoms with Crippen molar-refractivity contribution in [1.29, 1.82) is 0 Å². The molecule has 14 rings (SSSR count). The normalized spacial score (nSPS) is 13.0. The number of anilines is 6. The molecule has 2 heterocycles. The van der Waals surface area contributed by atoms with Crippen LogP contribution in [0, 0.1) is 0 Å². The molecule has 0 saturated heterocycles. The average Bonchev–Trinajstić information content (AvgIpc) is 3.38. The van der Waals surface area contributed by atoms with E-state index in [2.05, 4.69) is 240 Å². The van der Waals surface area contributed by atoms with Crippen molar-refractivity contribution in [3.8, 4) is 22.3 Å². The Morgan fingerprint density at radius 3 is 1.20 bits per heavy atom. The molecule has 2 aliphatic heterocycles. The van der Waals surface area contributed by atoms with Gasteiger partial charge in [0.15, 0.2) is 0 Å². The molecule has 2 aliphatic rings. The van der Waals surface area contributed by atoms with Gasteiger partial charge in [0.1, 0.15) is 0 Å². The molecule has 0 bridgehead atoms. The first kappa shape index (κ1) is 37.6. The molecule has 0 aromatic heterocycles. The summed E-state index contributed by atoms with van der Waals surface area (Å²) >= 11 is 3.69. The van der Waals surface area contributed by atoms with Gasteiger partial charge in [-0.3, -0.25) is 0 Å². The Bertz CT molecular complexity index is 3890. The quantitative estimate of drug-likeness (QED) is 0.128. The summed E-state index contributed by atoms with van der Waals surface area (Å²) in [4.78, 5) is 9.93. The standard InChI is InChI=1S/C62H38N2S2/c1-3-19-43-39(16-1)18-15-23-47(43)61-48-34-32-42(64-55-26-9-13-30-59(55)66-60-31-14-10-27-56(60)64)38-52(48)62(50-36-40-17-2-4-20-44(40)45-21-5-6-22-46(45)50)49-35-33-41(37-51(49)61)63-53-24-7-11-28-57(53)65-58-29-12-8-25-54(58)63/h1-38H. The highest BCUT2D eigenvalue weighted by atomic mass is 32.2. The van der Waals surface area contributed by atoms with Crippen molar-refractivity contribution in [2.45, 2.75) is 19.6 Å². The molecule has 0 atom stereocenters. The van der Waals surface area contributed by atoms with Gasteiger partial charge >= 0.3 is 0 Å². The molecule has 0 aliphatic carbocycles. The Labute approximate surface area is 391 Å². The van der Waals surface area contributed by atoms with E-state index in [4.69, 9.17) is 0 Å². The molecule has 308 valence electrons. The lowest BCUT2D eigenvalue weighted by Gasteiger charge is -2.34. The average molecular weight is 875 g/mol. The van der Waals surface area contributed by atoms with Crippen molar-refractivity contribution < 1.29 is 0 Å². The summed E-state index contributed by atoms with van der Waals surface area (Å²) in [5.74, 6) is 0. The predicted octanol–water partition coefficient (Wildman–Crippen LogP) is 18.7. The van der Waals surface area contributed by atoms with Gasteiger partial charge in [0.05, 0.1) is 22.7 Å². The Hall–Kier alpha value is -7.76. The van der Waals surface area contributed by atoms with E-state index >= 15 is 0 Å². The lowest BCUT2D eigenvalue weighted by molar-refractivity contribution is 1.17. The highest BCUT2D eigenvalue weighted by Gasteiger charge is 2.29. The fourth-order valence-electron chi connectivity index (χ4n) is 10.7. The van der Waals surface area contributed by atoms with E-state index < -0.39 is 0 Å². The van der Waals surface area contributed by atoms with Gasteiger partial charge in [0.25, 0.3) is 0 Å². The molecule has 0 spiro atoms. The lowest BCUT2D eigenvalue weighted by Crippen LogP contribution is -2.15. The highest BCUT2D eigenvalue weighted by Crippen LogP contribution is 2.56. The number of fused-ring (bicyclic) bond motifs is 10. The maximum absolute atomic E-state index is 2.48. The third-order valence-corrected chi connectivity index (χ3v) is 15.8. The lowest BCUT2D eigenvalue weighted by atomic mass is 9.82. The number of hydrogen-bond acceptors (Lipinski definition) is 4. The molecular formula is C62H38N2S2. The SMILES string of the molecule is c1ccc2c(c1)Sc1ccccc1N2c1ccc2c(-c3cc4ccccc4c4ccccc34)c3cc(N4c5ccccc5Sc5ccccc54)ccc3c(-c3cccc4ccccc34)c2c1. The van der Waals surface area contributed by atoms with Gasteiger partial charge in [-0.05, 0) is 155 Å². The Morgan fingerprint density at radius 1 is 0.242 bits per heavy atom. The van der Waals surface area contributed by atoms with Crippen molar-refractivity contribution in [1.82, 2.24) is 0 Å². The van der Waals surface area contributed by atoms with Gasteiger partial charge in [-0.1, -0.05) is 175 Å². The van der Waals surface area contributed by atoms with E-state index in [0.717, 1.165) is 11.4 Å². The van der Waals surface area contributed by atoms with Crippen LogP contribution >= 0.6 is 23.5 Å². The van der Waals surface area contributed by atoms with Gasteiger partial charge in [-0.2, -0.15) is 0 Å². The van der Waals surface area contributed by atoms with Gasteiger partial charge in [-0.25, -0.2) is 0 Å². The monoisotopic (exact) mass is 874 g/mol. The minimum absolute atomic E-state index is 1.13. The van der Waals surface area contributed by atoms with E-state index in [1.165, 1.54) is 118 Å². The molecule has 0 fully saturated rings. The van der Waals surface area contributed by atoms with Crippen LogP contribution < -0.4 is 9.80 Å².